The van der Waals surface area contributed by atoms with Gasteiger partial charge in [0.25, 0.3) is 5.82 Å². The molecular weight excluding hydrogens is 154 g/mol. The average molecular weight is 162 g/mol. The van der Waals surface area contributed by atoms with Crippen LogP contribution in [-0.4, -0.2) is 9.97 Å². The number of rotatable bonds is 1. The van der Waals surface area contributed by atoms with Crippen molar-refractivity contribution >= 4 is 0 Å². The monoisotopic (exact) mass is 162 g/mol. The minimum absolute atomic E-state index is 0.582. The fraction of sp³-hybridized carbons (Fsp3) is 0.125. The largest absolute Gasteiger partial charge is 0.417 e. The van der Waals surface area contributed by atoms with Crippen molar-refractivity contribution in [2.75, 3.05) is 0 Å². The van der Waals surface area contributed by atoms with E-state index in [0.717, 1.165) is 5.69 Å². The molecule has 0 aliphatic rings. The minimum Gasteiger partial charge on any atom is -0.404 e. The van der Waals surface area contributed by atoms with Gasteiger partial charge in [-0.15, -0.1) is 0 Å². The molecule has 0 atom stereocenters. The van der Waals surface area contributed by atoms with E-state index in [-0.39, 0.29) is 0 Å². The number of aromatic amines is 1. The van der Waals surface area contributed by atoms with Gasteiger partial charge in [-0.05, 0) is 13.0 Å². The second-order valence-corrected chi connectivity index (χ2v) is 2.42. The van der Waals surface area contributed by atoms with Crippen LogP contribution in [0.3, 0.4) is 0 Å². The molecule has 0 bridgehead atoms. The summed E-state index contributed by atoms with van der Waals surface area (Å²) in [6.45, 7) is 1.91. The molecule has 4 nitrogen and oxygen atoms in total. The molecule has 2 rings (SSSR count). The van der Waals surface area contributed by atoms with E-state index in [1.165, 1.54) is 0 Å². The standard InChI is InChI=1S/C8H7N3O/c1-6-2-3-9-7(11-6)8-10-4-5-12-8/h2-5H,1H3/p+1. The molecule has 0 fully saturated rings. The van der Waals surface area contributed by atoms with Crippen molar-refractivity contribution in [3.63, 3.8) is 0 Å². The number of hydrogen-bond donors (Lipinski definition) is 0. The Morgan fingerprint density at radius 2 is 2.42 bits per heavy atom. The van der Waals surface area contributed by atoms with Crippen molar-refractivity contribution in [3.05, 3.63) is 30.4 Å². The Balaban J connectivity index is 2.48. The van der Waals surface area contributed by atoms with Gasteiger partial charge in [-0.25, -0.2) is 9.97 Å². The summed E-state index contributed by atoms with van der Waals surface area (Å²) >= 11 is 0. The molecule has 0 saturated carbocycles. The van der Waals surface area contributed by atoms with Gasteiger partial charge >= 0.3 is 5.89 Å². The summed E-state index contributed by atoms with van der Waals surface area (Å²) in [6, 6.07) is 1.84. The third kappa shape index (κ3) is 1.18. The zero-order valence-corrected chi connectivity index (χ0v) is 6.61. The number of H-pyrrole nitrogens is 1. The van der Waals surface area contributed by atoms with Gasteiger partial charge < -0.3 is 4.42 Å². The number of aryl methyl sites for hydroxylation is 1. The number of oxazole rings is 1. The van der Waals surface area contributed by atoms with Crippen molar-refractivity contribution in [3.8, 4) is 11.7 Å². The predicted octanol–water partition coefficient (Wildman–Crippen LogP) is 0.859. The lowest BCUT2D eigenvalue weighted by Crippen LogP contribution is -2.02. The van der Waals surface area contributed by atoms with Crippen molar-refractivity contribution in [1.29, 1.82) is 0 Å². The second kappa shape index (κ2) is 2.73. The zero-order chi connectivity index (χ0) is 8.39. The highest BCUT2D eigenvalue weighted by atomic mass is 16.3. The summed E-state index contributed by atoms with van der Waals surface area (Å²) in [5.41, 5.74) is 0.921. The minimum atomic E-state index is 0.582. The maximum Gasteiger partial charge on any atom is 0.417 e. The average Bonchev–Trinajstić information content (AvgIpc) is 2.56. The molecule has 0 aliphatic carbocycles. The molecule has 60 valence electrons. The van der Waals surface area contributed by atoms with E-state index in [1.54, 1.807) is 18.7 Å². The molecule has 4 heteroatoms. The zero-order valence-electron chi connectivity index (χ0n) is 6.61. The first-order chi connectivity index (χ1) is 5.86. The Morgan fingerprint density at radius 3 is 3.08 bits per heavy atom. The number of hydrogen-bond acceptors (Lipinski definition) is 3. The highest BCUT2D eigenvalue weighted by molar-refractivity contribution is 5.34. The van der Waals surface area contributed by atoms with E-state index < -0.39 is 0 Å². The maximum absolute atomic E-state index is 5.09. The summed E-state index contributed by atoms with van der Waals surface area (Å²) in [5, 5.41) is 0. The fourth-order valence-corrected chi connectivity index (χ4v) is 0.921. The van der Waals surface area contributed by atoms with Crippen LogP contribution in [0.2, 0.25) is 0 Å². The van der Waals surface area contributed by atoms with Gasteiger partial charge in [0, 0.05) is 11.9 Å². The topological polar surface area (TPSA) is 53.1 Å². The first kappa shape index (κ1) is 6.97. The highest BCUT2D eigenvalue weighted by Crippen LogP contribution is 2.06. The van der Waals surface area contributed by atoms with Crippen LogP contribution in [-0.2, 0) is 0 Å². The van der Waals surface area contributed by atoms with Crippen LogP contribution in [0.1, 0.15) is 5.69 Å². The second-order valence-electron chi connectivity index (χ2n) is 2.42. The smallest absolute Gasteiger partial charge is 0.404 e. The highest BCUT2D eigenvalue weighted by Gasteiger charge is 2.11. The lowest BCUT2D eigenvalue weighted by atomic mass is 10.4. The predicted molar refractivity (Wildman–Crippen MR) is 41.0 cm³/mol. The lowest BCUT2D eigenvalue weighted by molar-refractivity contribution is -0.369. The van der Waals surface area contributed by atoms with Crippen molar-refractivity contribution < 1.29 is 9.40 Å². The van der Waals surface area contributed by atoms with Gasteiger partial charge in [0.1, 0.15) is 0 Å². The van der Waals surface area contributed by atoms with Gasteiger partial charge in [0.2, 0.25) is 6.20 Å². The molecule has 0 unspecified atom stereocenters. The van der Waals surface area contributed by atoms with Crippen LogP contribution in [0.15, 0.2) is 29.1 Å². The van der Waals surface area contributed by atoms with E-state index in [0.29, 0.717) is 11.7 Å². The maximum atomic E-state index is 5.09. The molecule has 0 amide bonds. The van der Waals surface area contributed by atoms with Crippen molar-refractivity contribution in [2.24, 2.45) is 0 Å². The van der Waals surface area contributed by atoms with E-state index in [2.05, 4.69) is 15.0 Å². The number of aromatic nitrogens is 3. The fourth-order valence-electron chi connectivity index (χ4n) is 0.921. The molecule has 0 spiro atoms. The van der Waals surface area contributed by atoms with Crippen LogP contribution in [0.25, 0.3) is 11.7 Å². The third-order valence-corrected chi connectivity index (χ3v) is 1.47. The van der Waals surface area contributed by atoms with Crippen molar-refractivity contribution in [2.45, 2.75) is 6.92 Å². The van der Waals surface area contributed by atoms with E-state index in [9.17, 15) is 0 Å². The van der Waals surface area contributed by atoms with Crippen LogP contribution < -0.4 is 4.98 Å². The van der Waals surface area contributed by atoms with Crippen molar-refractivity contribution in [1.82, 2.24) is 9.97 Å². The van der Waals surface area contributed by atoms with Gasteiger partial charge in [0.05, 0.1) is 0 Å². The Hall–Kier alpha value is -1.71. The Morgan fingerprint density at radius 1 is 1.50 bits per heavy atom. The summed E-state index contributed by atoms with van der Waals surface area (Å²) in [7, 11) is 0. The van der Waals surface area contributed by atoms with E-state index >= 15 is 0 Å². The Bertz CT molecular complexity index is 370. The van der Waals surface area contributed by atoms with Crippen LogP contribution in [0, 0.1) is 6.92 Å². The Labute approximate surface area is 69.3 Å². The molecule has 0 radical (unpaired) electrons. The quantitative estimate of drug-likeness (QED) is 0.624. The lowest BCUT2D eigenvalue weighted by Gasteiger charge is -1.90. The number of nitrogens with one attached hydrogen (secondary N) is 1. The molecule has 0 aromatic carbocycles. The number of nitrogens with zero attached hydrogens (tertiary/aromatic N) is 2. The normalized spacial score (nSPS) is 10.1. The summed E-state index contributed by atoms with van der Waals surface area (Å²) < 4.78 is 5.09. The van der Waals surface area contributed by atoms with Crippen LogP contribution in [0.4, 0.5) is 0 Å². The summed E-state index contributed by atoms with van der Waals surface area (Å²) in [5.74, 6) is 1.17. The first-order valence-corrected chi connectivity index (χ1v) is 3.61. The summed E-state index contributed by atoms with van der Waals surface area (Å²) in [4.78, 5) is 11.1. The molecule has 1 N–H and O–H groups in total. The van der Waals surface area contributed by atoms with Crippen LogP contribution in [0.5, 0.6) is 0 Å². The summed E-state index contributed by atoms with van der Waals surface area (Å²) in [6.07, 6.45) is 4.95. The molecular formula is C8H8N3O+. The van der Waals surface area contributed by atoms with E-state index in [4.69, 9.17) is 4.42 Å². The molecule has 2 aromatic rings. The molecule has 2 aromatic heterocycles. The SMILES string of the molecule is Cc1ccnc(-c2[nH+]cco2)n1. The molecule has 2 heterocycles. The van der Waals surface area contributed by atoms with E-state index in [1.807, 2.05) is 13.0 Å². The van der Waals surface area contributed by atoms with Gasteiger partial charge in [0.15, 0.2) is 6.26 Å². The van der Waals surface area contributed by atoms with Gasteiger partial charge in [-0.2, -0.15) is 4.98 Å². The first-order valence-electron chi connectivity index (χ1n) is 3.61. The Kier molecular flexibility index (Phi) is 1.59. The van der Waals surface area contributed by atoms with Gasteiger partial charge in [-0.3, -0.25) is 0 Å². The molecule has 12 heavy (non-hydrogen) atoms. The molecule has 0 saturated heterocycles. The van der Waals surface area contributed by atoms with Crippen LogP contribution >= 0.6 is 0 Å². The molecule has 0 aliphatic heterocycles. The van der Waals surface area contributed by atoms with Gasteiger partial charge in [-0.1, -0.05) is 0 Å². The third-order valence-electron chi connectivity index (χ3n) is 1.47.